The molecule has 5 heteroatoms. The lowest BCUT2D eigenvalue weighted by Crippen LogP contribution is -2.09. The second-order valence-corrected chi connectivity index (χ2v) is 6.18. The van der Waals surface area contributed by atoms with Crippen molar-refractivity contribution in [3.05, 3.63) is 62.0 Å². The maximum atomic E-state index is 12.2. The molecule has 0 aliphatic rings. The average molecular weight is 307 g/mol. The number of fused-ring (bicyclic) bond motifs is 1. The van der Waals surface area contributed by atoms with Crippen LogP contribution in [-0.4, -0.2) is 9.97 Å². The van der Waals surface area contributed by atoms with Gasteiger partial charge in [-0.25, -0.2) is 4.98 Å². The third-order valence-corrected chi connectivity index (χ3v) is 4.63. The summed E-state index contributed by atoms with van der Waals surface area (Å²) < 4.78 is 0. The summed E-state index contributed by atoms with van der Waals surface area (Å²) >= 11 is 1.53. The van der Waals surface area contributed by atoms with Crippen molar-refractivity contribution in [1.29, 1.82) is 5.26 Å². The first-order chi connectivity index (χ1) is 10.6. The van der Waals surface area contributed by atoms with Crippen molar-refractivity contribution in [2.24, 2.45) is 0 Å². The van der Waals surface area contributed by atoms with Gasteiger partial charge in [-0.05, 0) is 43.2 Å². The lowest BCUT2D eigenvalue weighted by molar-refractivity contribution is 1.15. The smallest absolute Gasteiger partial charge is 0.260 e. The Bertz CT molecular complexity index is 972. The van der Waals surface area contributed by atoms with Crippen LogP contribution in [0.4, 0.5) is 0 Å². The molecule has 0 fully saturated rings. The fourth-order valence-electron chi connectivity index (χ4n) is 2.19. The highest BCUT2D eigenvalue weighted by molar-refractivity contribution is 7.18. The van der Waals surface area contributed by atoms with Crippen molar-refractivity contribution < 1.29 is 0 Å². The van der Waals surface area contributed by atoms with Crippen LogP contribution in [0.15, 0.2) is 29.1 Å². The maximum absolute atomic E-state index is 12.2. The third kappa shape index (κ3) is 2.57. The molecule has 4 nitrogen and oxygen atoms in total. The summed E-state index contributed by atoms with van der Waals surface area (Å²) in [5, 5.41) is 9.45. The highest BCUT2D eigenvalue weighted by Gasteiger charge is 2.10. The minimum atomic E-state index is -0.105. The van der Waals surface area contributed by atoms with Crippen LogP contribution in [0.2, 0.25) is 0 Å². The normalized spacial score (nSPS) is 11.1. The molecule has 0 saturated heterocycles. The molecule has 0 aliphatic carbocycles. The molecule has 0 unspecified atom stereocenters. The number of hydrogen-bond acceptors (Lipinski definition) is 4. The Balaban J connectivity index is 1.98. The number of aryl methyl sites for hydroxylation is 2. The fraction of sp³-hybridized carbons (Fsp3) is 0.118. The van der Waals surface area contributed by atoms with Gasteiger partial charge in [0.05, 0.1) is 17.0 Å². The number of nitrogens with one attached hydrogen (secondary N) is 1. The van der Waals surface area contributed by atoms with E-state index in [0.29, 0.717) is 16.8 Å². The lowest BCUT2D eigenvalue weighted by Gasteiger charge is -1.96. The van der Waals surface area contributed by atoms with E-state index in [1.807, 2.05) is 32.1 Å². The van der Waals surface area contributed by atoms with Crippen molar-refractivity contribution in [2.45, 2.75) is 13.8 Å². The van der Waals surface area contributed by atoms with Crippen LogP contribution in [0, 0.1) is 25.2 Å². The molecular formula is C17H13N3OS. The lowest BCUT2D eigenvalue weighted by atomic mass is 10.1. The number of thiophene rings is 1. The van der Waals surface area contributed by atoms with Gasteiger partial charge in [-0.2, -0.15) is 5.26 Å². The number of rotatable bonds is 2. The van der Waals surface area contributed by atoms with Gasteiger partial charge in [0.2, 0.25) is 0 Å². The number of nitriles is 1. The van der Waals surface area contributed by atoms with E-state index in [9.17, 15) is 4.79 Å². The second kappa shape index (κ2) is 5.58. The van der Waals surface area contributed by atoms with E-state index in [1.54, 1.807) is 18.2 Å². The topological polar surface area (TPSA) is 69.5 Å². The minimum absolute atomic E-state index is 0.105. The predicted molar refractivity (Wildman–Crippen MR) is 89.8 cm³/mol. The summed E-state index contributed by atoms with van der Waals surface area (Å²) in [6.07, 6.45) is 3.63. The molecule has 0 amide bonds. The quantitative estimate of drug-likeness (QED) is 0.785. The van der Waals surface area contributed by atoms with E-state index in [4.69, 9.17) is 5.26 Å². The Morgan fingerprint density at radius 1 is 1.23 bits per heavy atom. The summed E-state index contributed by atoms with van der Waals surface area (Å²) in [7, 11) is 0. The molecule has 0 radical (unpaired) electrons. The molecule has 2 heterocycles. The van der Waals surface area contributed by atoms with Crippen molar-refractivity contribution >= 4 is 33.7 Å². The molecule has 3 aromatic rings. The Morgan fingerprint density at radius 2 is 1.95 bits per heavy atom. The second-order valence-electron chi connectivity index (χ2n) is 4.98. The van der Waals surface area contributed by atoms with Gasteiger partial charge in [0.15, 0.2) is 0 Å². The first kappa shape index (κ1) is 14.2. The molecule has 1 N–H and O–H groups in total. The van der Waals surface area contributed by atoms with Gasteiger partial charge in [0.25, 0.3) is 5.56 Å². The standard InChI is InChI=1S/C17H13N3OS/c1-10-11(2)22-17-15(10)16(21)19-14(20-17)8-7-12-3-5-13(9-18)6-4-12/h3-8H,1-2H3,(H,19,20,21). The third-order valence-electron chi connectivity index (χ3n) is 3.53. The zero-order valence-electron chi connectivity index (χ0n) is 12.2. The van der Waals surface area contributed by atoms with Gasteiger partial charge in [-0.15, -0.1) is 11.3 Å². The molecule has 2 aromatic heterocycles. The predicted octanol–water partition coefficient (Wildman–Crippen LogP) is 3.64. The van der Waals surface area contributed by atoms with Crippen molar-refractivity contribution in [2.75, 3.05) is 0 Å². The number of hydrogen-bond donors (Lipinski definition) is 1. The number of nitrogens with zero attached hydrogens (tertiary/aromatic N) is 2. The zero-order chi connectivity index (χ0) is 15.7. The van der Waals surface area contributed by atoms with Gasteiger partial charge < -0.3 is 4.98 Å². The van der Waals surface area contributed by atoms with E-state index in [1.165, 1.54) is 11.3 Å². The van der Waals surface area contributed by atoms with Crippen LogP contribution in [0.25, 0.3) is 22.4 Å². The van der Waals surface area contributed by atoms with E-state index in [-0.39, 0.29) is 5.56 Å². The fourth-order valence-corrected chi connectivity index (χ4v) is 3.23. The van der Waals surface area contributed by atoms with Gasteiger partial charge in [0, 0.05) is 4.88 Å². The molecule has 108 valence electrons. The Labute approximate surface area is 131 Å². The summed E-state index contributed by atoms with van der Waals surface area (Å²) in [5.74, 6) is 0.531. The number of H-pyrrole nitrogens is 1. The molecule has 1 aromatic carbocycles. The van der Waals surface area contributed by atoms with Gasteiger partial charge >= 0.3 is 0 Å². The Morgan fingerprint density at radius 3 is 2.64 bits per heavy atom. The monoisotopic (exact) mass is 307 g/mol. The van der Waals surface area contributed by atoms with Crippen LogP contribution in [-0.2, 0) is 0 Å². The Hall–Kier alpha value is -2.71. The molecule has 0 saturated carbocycles. The summed E-state index contributed by atoms with van der Waals surface area (Å²) in [5.41, 5.74) is 2.46. The maximum Gasteiger partial charge on any atom is 0.260 e. The number of aromatic nitrogens is 2. The first-order valence-corrected chi connectivity index (χ1v) is 7.58. The Kier molecular flexibility index (Phi) is 3.61. The van der Waals surface area contributed by atoms with E-state index >= 15 is 0 Å². The minimum Gasteiger partial charge on any atom is -0.306 e. The highest BCUT2D eigenvalue weighted by Crippen LogP contribution is 2.25. The van der Waals surface area contributed by atoms with Crippen LogP contribution >= 0.6 is 11.3 Å². The van der Waals surface area contributed by atoms with Gasteiger partial charge in [-0.1, -0.05) is 18.2 Å². The van der Waals surface area contributed by atoms with Crippen molar-refractivity contribution in [1.82, 2.24) is 9.97 Å². The van der Waals surface area contributed by atoms with E-state index in [0.717, 1.165) is 20.8 Å². The molecule has 22 heavy (non-hydrogen) atoms. The van der Waals surface area contributed by atoms with Crippen LogP contribution in [0.1, 0.15) is 27.4 Å². The molecule has 3 rings (SSSR count). The summed E-state index contributed by atoms with van der Waals surface area (Å²) in [6, 6.07) is 9.30. The average Bonchev–Trinajstić information content (AvgIpc) is 2.81. The van der Waals surface area contributed by atoms with Crippen LogP contribution < -0.4 is 5.56 Å². The molecule has 0 atom stereocenters. The molecule has 0 spiro atoms. The largest absolute Gasteiger partial charge is 0.306 e. The molecular weight excluding hydrogens is 294 g/mol. The van der Waals surface area contributed by atoms with Gasteiger partial charge in [-0.3, -0.25) is 4.79 Å². The van der Waals surface area contributed by atoms with E-state index < -0.39 is 0 Å². The molecule has 0 bridgehead atoms. The summed E-state index contributed by atoms with van der Waals surface area (Å²) in [4.78, 5) is 21.3. The van der Waals surface area contributed by atoms with Crippen molar-refractivity contribution in [3.63, 3.8) is 0 Å². The first-order valence-electron chi connectivity index (χ1n) is 6.77. The van der Waals surface area contributed by atoms with Gasteiger partial charge in [0.1, 0.15) is 10.7 Å². The number of aromatic amines is 1. The van der Waals surface area contributed by atoms with Crippen molar-refractivity contribution in [3.8, 4) is 6.07 Å². The number of benzene rings is 1. The van der Waals surface area contributed by atoms with Crippen LogP contribution in [0.5, 0.6) is 0 Å². The summed E-state index contributed by atoms with van der Waals surface area (Å²) in [6.45, 7) is 3.94. The zero-order valence-corrected chi connectivity index (χ0v) is 13.0. The SMILES string of the molecule is Cc1sc2nc(C=Cc3ccc(C#N)cc3)[nH]c(=O)c2c1C. The van der Waals surface area contributed by atoms with Crippen LogP contribution in [0.3, 0.4) is 0 Å². The highest BCUT2D eigenvalue weighted by atomic mass is 32.1. The molecule has 0 aliphatic heterocycles. The van der Waals surface area contributed by atoms with E-state index in [2.05, 4.69) is 16.0 Å².